The van der Waals surface area contributed by atoms with Crippen molar-refractivity contribution in [1.29, 1.82) is 0 Å². The Hall–Kier alpha value is -1.52. The van der Waals surface area contributed by atoms with Gasteiger partial charge < -0.3 is 14.6 Å². The van der Waals surface area contributed by atoms with Gasteiger partial charge in [-0.05, 0) is 63.8 Å². The number of rotatable bonds is 4. The van der Waals surface area contributed by atoms with Gasteiger partial charge in [0.05, 0.1) is 17.7 Å². The minimum Gasteiger partial charge on any atom is -0.493 e. The zero-order chi connectivity index (χ0) is 14.8. The molecule has 21 heavy (non-hydrogen) atoms. The maximum atomic E-state index is 10.6. The van der Waals surface area contributed by atoms with E-state index in [1.54, 1.807) is 0 Å². The number of aliphatic hydroxyl groups excluding tert-OH is 1. The van der Waals surface area contributed by atoms with Gasteiger partial charge in [-0.15, -0.1) is 0 Å². The van der Waals surface area contributed by atoms with Gasteiger partial charge in [-0.1, -0.05) is 12.1 Å². The van der Waals surface area contributed by atoms with E-state index < -0.39 is 6.10 Å². The van der Waals surface area contributed by atoms with Crippen LogP contribution in [0.4, 0.5) is 0 Å². The Morgan fingerprint density at radius 1 is 1.24 bits per heavy atom. The number of ether oxygens (including phenoxy) is 2. The molecule has 3 rings (SSSR count). The topological polar surface area (TPSA) is 38.7 Å². The first-order valence-corrected chi connectivity index (χ1v) is 7.84. The van der Waals surface area contributed by atoms with Crippen molar-refractivity contribution in [2.24, 2.45) is 0 Å². The summed E-state index contributed by atoms with van der Waals surface area (Å²) in [7, 11) is 0. The van der Waals surface area contributed by atoms with E-state index in [9.17, 15) is 5.11 Å². The van der Waals surface area contributed by atoms with Crippen LogP contribution in [0.25, 0.3) is 0 Å². The van der Waals surface area contributed by atoms with Gasteiger partial charge >= 0.3 is 0 Å². The predicted molar refractivity (Wildman–Crippen MR) is 85.0 cm³/mol. The lowest BCUT2D eigenvalue weighted by molar-refractivity contribution is 0.220. The molecule has 0 amide bonds. The second-order valence-electron chi connectivity index (χ2n) is 4.99. The van der Waals surface area contributed by atoms with Crippen molar-refractivity contribution in [3.63, 3.8) is 0 Å². The van der Waals surface area contributed by atoms with Gasteiger partial charge in [0, 0.05) is 6.42 Å². The molecule has 0 spiro atoms. The van der Waals surface area contributed by atoms with Gasteiger partial charge in [0.2, 0.25) is 0 Å². The minimum atomic E-state index is -0.650. The molecule has 0 aliphatic carbocycles. The second-order valence-corrected chi connectivity index (χ2v) is 5.85. The fourth-order valence-electron chi connectivity index (χ4n) is 2.53. The molecule has 1 atom stereocenters. The Morgan fingerprint density at radius 3 is 2.76 bits per heavy atom. The highest BCUT2D eigenvalue weighted by molar-refractivity contribution is 9.10. The van der Waals surface area contributed by atoms with Crippen LogP contribution in [0.1, 0.15) is 29.7 Å². The molecule has 0 fully saturated rings. The molecule has 3 nitrogen and oxygen atoms in total. The summed E-state index contributed by atoms with van der Waals surface area (Å²) < 4.78 is 11.8. The Labute approximate surface area is 132 Å². The van der Waals surface area contributed by atoms with Crippen molar-refractivity contribution in [3.8, 4) is 11.5 Å². The molecule has 2 aromatic carbocycles. The number of benzene rings is 2. The van der Waals surface area contributed by atoms with Crippen LogP contribution >= 0.6 is 15.9 Å². The average molecular weight is 349 g/mol. The summed E-state index contributed by atoms with van der Waals surface area (Å²) in [5.41, 5.74) is 2.89. The SMILES string of the molecule is CCOc1ccc(C(O)c2ccc3c(c2)CCO3)cc1Br. The summed E-state index contributed by atoms with van der Waals surface area (Å²) in [5.74, 6) is 1.72. The van der Waals surface area contributed by atoms with Gasteiger partial charge in [0.25, 0.3) is 0 Å². The van der Waals surface area contributed by atoms with Crippen molar-refractivity contribution < 1.29 is 14.6 Å². The van der Waals surface area contributed by atoms with Crippen LogP contribution in [-0.4, -0.2) is 18.3 Å². The Morgan fingerprint density at radius 2 is 2.00 bits per heavy atom. The highest BCUT2D eigenvalue weighted by Crippen LogP contribution is 2.33. The normalized spacial score (nSPS) is 14.4. The van der Waals surface area contributed by atoms with E-state index in [1.807, 2.05) is 43.3 Å². The Kier molecular flexibility index (Phi) is 4.17. The van der Waals surface area contributed by atoms with Crippen LogP contribution in [0.2, 0.25) is 0 Å². The van der Waals surface area contributed by atoms with Crippen LogP contribution in [0.15, 0.2) is 40.9 Å². The van der Waals surface area contributed by atoms with Gasteiger partial charge in [-0.2, -0.15) is 0 Å². The molecule has 0 saturated heterocycles. The Balaban J connectivity index is 1.88. The molecule has 0 aromatic heterocycles. The number of aliphatic hydroxyl groups is 1. The molecule has 1 aliphatic heterocycles. The second kappa shape index (κ2) is 6.08. The minimum absolute atomic E-state index is 0.616. The Bertz CT molecular complexity index is 654. The van der Waals surface area contributed by atoms with Crippen molar-refractivity contribution in [2.45, 2.75) is 19.4 Å². The lowest BCUT2D eigenvalue weighted by atomic mass is 9.99. The third-order valence-electron chi connectivity index (χ3n) is 3.60. The molecule has 110 valence electrons. The number of hydrogen-bond acceptors (Lipinski definition) is 3. The quantitative estimate of drug-likeness (QED) is 0.911. The molecule has 1 heterocycles. The number of halogens is 1. The lowest BCUT2D eigenvalue weighted by Crippen LogP contribution is -2.01. The van der Waals surface area contributed by atoms with Gasteiger partial charge in [0.15, 0.2) is 0 Å². The largest absolute Gasteiger partial charge is 0.493 e. The van der Waals surface area contributed by atoms with Crippen LogP contribution < -0.4 is 9.47 Å². The number of hydrogen-bond donors (Lipinski definition) is 1. The van der Waals surface area contributed by atoms with Crippen molar-refractivity contribution in [1.82, 2.24) is 0 Å². The first-order valence-electron chi connectivity index (χ1n) is 7.05. The summed E-state index contributed by atoms with van der Waals surface area (Å²) in [6.45, 7) is 3.29. The van der Waals surface area contributed by atoms with E-state index in [0.717, 1.165) is 45.7 Å². The molecule has 0 radical (unpaired) electrons. The lowest BCUT2D eigenvalue weighted by Gasteiger charge is -2.14. The molecule has 4 heteroatoms. The fraction of sp³-hybridized carbons (Fsp3) is 0.294. The van der Waals surface area contributed by atoms with Gasteiger partial charge in [-0.3, -0.25) is 0 Å². The number of fused-ring (bicyclic) bond motifs is 1. The standard InChI is InChI=1S/C17H17BrO3/c1-2-20-16-6-4-13(10-14(16)18)17(19)12-3-5-15-11(9-12)7-8-21-15/h3-6,9-10,17,19H,2,7-8H2,1H3. The van der Waals surface area contributed by atoms with Crippen LogP contribution in [0, 0.1) is 0 Å². The summed E-state index contributed by atoms with van der Waals surface area (Å²) >= 11 is 3.48. The van der Waals surface area contributed by atoms with E-state index in [1.165, 1.54) is 0 Å². The third kappa shape index (κ3) is 2.92. The maximum Gasteiger partial charge on any atom is 0.133 e. The highest BCUT2D eigenvalue weighted by atomic mass is 79.9. The van der Waals surface area contributed by atoms with Crippen LogP contribution in [0.3, 0.4) is 0 Å². The first kappa shape index (κ1) is 14.4. The van der Waals surface area contributed by atoms with Crippen molar-refractivity contribution in [3.05, 3.63) is 57.6 Å². The van der Waals surface area contributed by atoms with E-state index in [4.69, 9.17) is 9.47 Å². The molecule has 1 N–H and O–H groups in total. The maximum absolute atomic E-state index is 10.6. The smallest absolute Gasteiger partial charge is 0.133 e. The molecule has 0 saturated carbocycles. The fourth-order valence-corrected chi connectivity index (χ4v) is 3.04. The summed E-state index contributed by atoms with van der Waals surface area (Å²) in [6, 6.07) is 11.5. The molecule has 1 aliphatic rings. The summed E-state index contributed by atoms with van der Waals surface area (Å²) in [5, 5.41) is 10.6. The van der Waals surface area contributed by atoms with Crippen molar-refractivity contribution in [2.75, 3.05) is 13.2 Å². The third-order valence-corrected chi connectivity index (χ3v) is 4.22. The van der Waals surface area contributed by atoms with E-state index >= 15 is 0 Å². The van der Waals surface area contributed by atoms with Gasteiger partial charge in [-0.25, -0.2) is 0 Å². The van der Waals surface area contributed by atoms with E-state index in [2.05, 4.69) is 15.9 Å². The zero-order valence-electron chi connectivity index (χ0n) is 11.8. The molecule has 1 unspecified atom stereocenters. The average Bonchev–Trinajstić information content (AvgIpc) is 2.96. The monoisotopic (exact) mass is 348 g/mol. The van der Waals surface area contributed by atoms with Crippen LogP contribution in [0.5, 0.6) is 11.5 Å². The molecule has 2 aromatic rings. The summed E-state index contributed by atoms with van der Waals surface area (Å²) in [6.07, 6.45) is 0.256. The molecule has 0 bridgehead atoms. The van der Waals surface area contributed by atoms with E-state index in [0.29, 0.717) is 6.61 Å². The highest BCUT2D eigenvalue weighted by Gasteiger charge is 2.17. The molecular formula is C17H17BrO3. The van der Waals surface area contributed by atoms with E-state index in [-0.39, 0.29) is 0 Å². The first-order chi connectivity index (χ1) is 10.2. The molecular weight excluding hydrogens is 332 g/mol. The predicted octanol–water partition coefficient (Wildman–Crippen LogP) is 3.86. The summed E-state index contributed by atoms with van der Waals surface area (Å²) in [4.78, 5) is 0. The van der Waals surface area contributed by atoms with Crippen molar-refractivity contribution >= 4 is 15.9 Å². The van der Waals surface area contributed by atoms with Gasteiger partial charge in [0.1, 0.15) is 17.6 Å². The zero-order valence-corrected chi connectivity index (χ0v) is 13.4. The van der Waals surface area contributed by atoms with Crippen LogP contribution in [-0.2, 0) is 6.42 Å².